The van der Waals surface area contributed by atoms with Gasteiger partial charge in [0.1, 0.15) is 5.75 Å². The number of alkyl halides is 3. The number of hydrogen-bond donors (Lipinski definition) is 1. The highest BCUT2D eigenvalue weighted by atomic mass is 35.5. The molecule has 1 atom stereocenters. The zero-order valence-electron chi connectivity index (χ0n) is 22.0. The van der Waals surface area contributed by atoms with Crippen molar-refractivity contribution in [3.05, 3.63) is 100 Å². The Labute approximate surface area is 228 Å². The van der Waals surface area contributed by atoms with E-state index in [1.165, 1.54) is 6.07 Å². The van der Waals surface area contributed by atoms with Gasteiger partial charge in [0, 0.05) is 33.2 Å². The predicted molar refractivity (Wildman–Crippen MR) is 144 cm³/mol. The van der Waals surface area contributed by atoms with E-state index in [9.17, 15) is 18.3 Å². The van der Waals surface area contributed by atoms with Crippen LogP contribution in [0.4, 0.5) is 13.2 Å². The third-order valence-corrected chi connectivity index (χ3v) is 6.53. The molecule has 4 nitrogen and oxygen atoms in total. The van der Waals surface area contributed by atoms with Crippen LogP contribution in [-0.4, -0.2) is 42.4 Å². The van der Waals surface area contributed by atoms with Crippen LogP contribution in [0.2, 0.25) is 5.02 Å². The van der Waals surface area contributed by atoms with E-state index in [1.54, 1.807) is 27.0 Å². The maximum absolute atomic E-state index is 13.4. The summed E-state index contributed by atoms with van der Waals surface area (Å²) in [6, 6.07) is 21.3. The first-order valence-corrected chi connectivity index (χ1v) is 12.9. The molecule has 0 heterocycles. The smallest absolute Gasteiger partial charge is 0.417 e. The second-order valence-electron chi connectivity index (χ2n) is 9.99. The van der Waals surface area contributed by atoms with Crippen molar-refractivity contribution < 1.29 is 27.8 Å². The van der Waals surface area contributed by atoms with Gasteiger partial charge in [0.05, 0.1) is 28.9 Å². The monoisotopic (exact) mass is 549 g/mol. The quantitative estimate of drug-likeness (QED) is 0.227. The van der Waals surface area contributed by atoms with Crippen LogP contribution in [0.5, 0.6) is 5.75 Å². The molecule has 0 aliphatic heterocycles. The van der Waals surface area contributed by atoms with Crippen LogP contribution < -0.4 is 4.74 Å². The highest BCUT2D eigenvalue weighted by molar-refractivity contribution is 6.32. The van der Waals surface area contributed by atoms with Gasteiger partial charge in [-0.2, -0.15) is 13.2 Å². The Morgan fingerprint density at radius 3 is 2.34 bits per heavy atom. The standard InChI is InChI=1S/C30H35ClF3NO3/c1-29(2,36)19-22-10-7-14-25(18-22)38-17-9-16-35(21-27(37-3)23-11-5-4-6-12-23)20-24-13-8-15-26(28(24)31)30(32,33)34/h4-8,10-15,18,27,36H,9,16-17,19-21H2,1-3H3. The summed E-state index contributed by atoms with van der Waals surface area (Å²) in [6.45, 7) is 5.19. The van der Waals surface area contributed by atoms with Crippen LogP contribution >= 0.6 is 11.6 Å². The summed E-state index contributed by atoms with van der Waals surface area (Å²) >= 11 is 6.21. The number of halogens is 4. The highest BCUT2D eigenvalue weighted by Crippen LogP contribution is 2.36. The van der Waals surface area contributed by atoms with Crippen LogP contribution in [0.25, 0.3) is 0 Å². The Hall–Kier alpha value is -2.58. The van der Waals surface area contributed by atoms with Gasteiger partial charge >= 0.3 is 6.18 Å². The van der Waals surface area contributed by atoms with Crippen LogP contribution in [0, 0.1) is 0 Å². The Morgan fingerprint density at radius 2 is 1.68 bits per heavy atom. The second-order valence-corrected chi connectivity index (χ2v) is 10.4. The summed E-state index contributed by atoms with van der Waals surface area (Å²) < 4.78 is 52.0. The molecule has 0 aliphatic rings. The molecule has 8 heteroatoms. The Balaban J connectivity index is 1.71. The maximum atomic E-state index is 13.4. The predicted octanol–water partition coefficient (Wildman–Crippen LogP) is 7.33. The Kier molecular flexibility index (Phi) is 10.6. The number of aliphatic hydroxyl groups is 1. The third kappa shape index (κ3) is 9.31. The molecule has 3 aromatic rings. The molecule has 0 spiro atoms. The minimum atomic E-state index is -4.52. The Bertz CT molecular complexity index is 1150. The van der Waals surface area contributed by atoms with Crippen molar-refractivity contribution in [3.8, 4) is 5.75 Å². The van der Waals surface area contributed by atoms with Gasteiger partial charge in [-0.25, -0.2) is 0 Å². The molecule has 38 heavy (non-hydrogen) atoms. The van der Waals surface area contributed by atoms with Gasteiger partial charge in [-0.1, -0.05) is 66.2 Å². The molecule has 0 fully saturated rings. The molecule has 0 aromatic heterocycles. The first-order valence-electron chi connectivity index (χ1n) is 12.5. The lowest BCUT2D eigenvalue weighted by Crippen LogP contribution is -2.31. The van der Waals surface area contributed by atoms with Crippen molar-refractivity contribution >= 4 is 11.6 Å². The SMILES string of the molecule is COC(CN(CCCOc1cccc(CC(C)(C)O)c1)Cc1cccc(C(F)(F)F)c1Cl)c1ccccc1. The van der Waals surface area contributed by atoms with E-state index >= 15 is 0 Å². The lowest BCUT2D eigenvalue weighted by Gasteiger charge is -2.28. The molecule has 3 aromatic carbocycles. The molecule has 0 radical (unpaired) electrons. The molecular weight excluding hydrogens is 515 g/mol. The molecule has 0 amide bonds. The van der Waals surface area contributed by atoms with E-state index < -0.39 is 17.3 Å². The van der Waals surface area contributed by atoms with Crippen LogP contribution in [-0.2, 0) is 23.9 Å². The van der Waals surface area contributed by atoms with E-state index in [1.807, 2.05) is 59.5 Å². The molecule has 206 valence electrons. The van der Waals surface area contributed by atoms with Crippen molar-refractivity contribution in [2.24, 2.45) is 0 Å². The second kappa shape index (κ2) is 13.5. The molecule has 0 bridgehead atoms. The fourth-order valence-corrected chi connectivity index (χ4v) is 4.63. The molecule has 3 rings (SSSR count). The number of nitrogens with zero attached hydrogens (tertiary/aromatic N) is 1. The van der Waals surface area contributed by atoms with Crippen molar-refractivity contribution in [2.45, 2.75) is 51.1 Å². The zero-order chi connectivity index (χ0) is 27.8. The van der Waals surface area contributed by atoms with Gasteiger partial charge in [-0.05, 0) is 55.2 Å². The van der Waals surface area contributed by atoms with Gasteiger partial charge in [-0.3, -0.25) is 4.90 Å². The molecule has 0 aliphatic carbocycles. The van der Waals surface area contributed by atoms with Gasteiger partial charge in [0.2, 0.25) is 0 Å². The normalized spacial score (nSPS) is 13.1. The van der Waals surface area contributed by atoms with Crippen LogP contribution in [0.15, 0.2) is 72.8 Å². The van der Waals surface area contributed by atoms with Crippen molar-refractivity contribution in [3.63, 3.8) is 0 Å². The average molecular weight is 550 g/mol. The first-order chi connectivity index (χ1) is 18.0. The highest BCUT2D eigenvalue weighted by Gasteiger charge is 2.34. The summed E-state index contributed by atoms with van der Waals surface area (Å²) in [5.74, 6) is 0.707. The number of benzene rings is 3. The first kappa shape index (κ1) is 30.0. The minimum absolute atomic E-state index is 0.233. The molecule has 1 unspecified atom stereocenters. The van der Waals surface area contributed by atoms with Gasteiger partial charge in [-0.15, -0.1) is 0 Å². The Morgan fingerprint density at radius 1 is 0.974 bits per heavy atom. The van der Waals surface area contributed by atoms with Crippen molar-refractivity contribution in [1.29, 1.82) is 0 Å². The largest absolute Gasteiger partial charge is 0.494 e. The maximum Gasteiger partial charge on any atom is 0.417 e. The van der Waals surface area contributed by atoms with Gasteiger partial charge in [0.25, 0.3) is 0 Å². The third-order valence-electron chi connectivity index (χ3n) is 6.08. The summed E-state index contributed by atoms with van der Waals surface area (Å²) in [5, 5.41) is 9.81. The van der Waals surface area contributed by atoms with Crippen molar-refractivity contribution in [1.82, 2.24) is 4.90 Å². The van der Waals surface area contributed by atoms with E-state index in [2.05, 4.69) is 0 Å². The lowest BCUT2D eigenvalue weighted by atomic mass is 9.99. The summed E-state index contributed by atoms with van der Waals surface area (Å²) in [5.41, 5.74) is 0.707. The summed E-state index contributed by atoms with van der Waals surface area (Å²) in [4.78, 5) is 2.04. The van der Waals surface area contributed by atoms with E-state index in [4.69, 9.17) is 21.1 Å². The summed E-state index contributed by atoms with van der Waals surface area (Å²) in [7, 11) is 1.62. The van der Waals surface area contributed by atoms with Crippen molar-refractivity contribution in [2.75, 3.05) is 26.8 Å². The lowest BCUT2D eigenvalue weighted by molar-refractivity contribution is -0.137. The number of ether oxygens (including phenoxy) is 2. The number of methoxy groups -OCH3 is 1. The molecule has 0 saturated carbocycles. The zero-order valence-corrected chi connectivity index (χ0v) is 22.7. The van der Waals surface area contributed by atoms with E-state index in [-0.39, 0.29) is 17.7 Å². The summed E-state index contributed by atoms with van der Waals surface area (Å²) in [6.07, 6.45) is -3.64. The topological polar surface area (TPSA) is 41.9 Å². The van der Waals surface area contributed by atoms with E-state index in [0.717, 1.165) is 17.2 Å². The van der Waals surface area contributed by atoms with E-state index in [0.29, 0.717) is 43.9 Å². The minimum Gasteiger partial charge on any atom is -0.494 e. The van der Waals surface area contributed by atoms with Gasteiger partial charge in [0.15, 0.2) is 0 Å². The fourth-order valence-electron chi connectivity index (χ4n) is 4.34. The number of rotatable bonds is 13. The average Bonchev–Trinajstić information content (AvgIpc) is 2.85. The van der Waals surface area contributed by atoms with Gasteiger partial charge < -0.3 is 14.6 Å². The molecule has 0 saturated heterocycles. The molecule has 1 N–H and O–H groups in total. The molecular formula is C30H35ClF3NO3. The van der Waals surface area contributed by atoms with Crippen LogP contribution in [0.3, 0.4) is 0 Å². The van der Waals surface area contributed by atoms with Crippen LogP contribution in [0.1, 0.15) is 48.6 Å². The number of hydrogen-bond acceptors (Lipinski definition) is 4. The fraction of sp³-hybridized carbons (Fsp3) is 0.400.